The second-order valence-corrected chi connectivity index (χ2v) is 7.53. The molecule has 1 N–H and O–H groups in total. The van der Waals surface area contributed by atoms with Crippen LogP contribution >= 0.6 is 0 Å². The summed E-state index contributed by atoms with van der Waals surface area (Å²) in [4.78, 5) is 0. The van der Waals surface area contributed by atoms with E-state index in [1.54, 1.807) is 0 Å². The number of rotatable bonds is 4. The average Bonchev–Trinajstić information content (AvgIpc) is 3.21. The minimum atomic E-state index is 0.762. The molecule has 1 spiro atoms. The first-order valence-electron chi connectivity index (χ1n) is 8.07. The number of hydrogen-bond donors (Lipinski definition) is 1. The minimum absolute atomic E-state index is 0.762. The second-order valence-electron chi connectivity index (χ2n) is 7.53. The molecule has 0 aromatic heterocycles. The Morgan fingerprint density at radius 2 is 1.59 bits per heavy atom. The Balaban J connectivity index is 1.33. The molecule has 4 aliphatic carbocycles. The maximum absolute atomic E-state index is 4.00. The number of nitrogens with one attached hydrogen (secondary N) is 1. The van der Waals surface area contributed by atoms with Crippen LogP contribution in [-0.2, 0) is 0 Å². The van der Waals surface area contributed by atoms with Crippen molar-refractivity contribution in [2.75, 3.05) is 6.54 Å². The molecule has 1 unspecified atom stereocenters. The van der Waals surface area contributed by atoms with Gasteiger partial charge in [0.05, 0.1) is 0 Å². The van der Waals surface area contributed by atoms with Crippen molar-refractivity contribution in [3.05, 3.63) is 0 Å². The lowest BCUT2D eigenvalue weighted by Crippen LogP contribution is -2.55. The molecule has 4 aliphatic rings. The van der Waals surface area contributed by atoms with E-state index in [9.17, 15) is 0 Å². The van der Waals surface area contributed by atoms with Gasteiger partial charge < -0.3 is 5.32 Å². The van der Waals surface area contributed by atoms with Crippen LogP contribution in [0.1, 0.15) is 70.6 Å². The third-order valence-corrected chi connectivity index (χ3v) is 6.56. The van der Waals surface area contributed by atoms with Crippen LogP contribution < -0.4 is 5.32 Å². The molecular formula is C16H27N. The van der Waals surface area contributed by atoms with E-state index in [1.807, 2.05) is 0 Å². The van der Waals surface area contributed by atoms with Gasteiger partial charge in [-0.1, -0.05) is 19.3 Å². The van der Waals surface area contributed by atoms with Gasteiger partial charge in [-0.05, 0) is 68.1 Å². The molecule has 0 heterocycles. The molecule has 0 aromatic carbocycles. The molecule has 0 bridgehead atoms. The summed E-state index contributed by atoms with van der Waals surface area (Å²) in [5, 5.41) is 4.00. The van der Waals surface area contributed by atoms with Gasteiger partial charge in [0, 0.05) is 12.6 Å². The predicted octanol–water partition coefficient (Wildman–Crippen LogP) is 3.88. The van der Waals surface area contributed by atoms with Gasteiger partial charge in [-0.25, -0.2) is 0 Å². The minimum Gasteiger partial charge on any atom is -0.313 e. The van der Waals surface area contributed by atoms with Crippen LogP contribution in [0.15, 0.2) is 0 Å². The molecule has 0 aromatic rings. The summed E-state index contributed by atoms with van der Waals surface area (Å²) in [6, 6.07) is 0.902. The summed E-state index contributed by atoms with van der Waals surface area (Å²) < 4.78 is 0. The fourth-order valence-electron chi connectivity index (χ4n) is 4.78. The maximum atomic E-state index is 4.00. The van der Waals surface area contributed by atoms with Crippen molar-refractivity contribution >= 4 is 0 Å². The Labute approximate surface area is 106 Å². The molecular weight excluding hydrogens is 206 g/mol. The van der Waals surface area contributed by atoms with Crippen molar-refractivity contribution in [3.8, 4) is 0 Å². The molecule has 4 rings (SSSR count). The van der Waals surface area contributed by atoms with Crippen LogP contribution in [0.4, 0.5) is 0 Å². The van der Waals surface area contributed by atoms with Crippen molar-refractivity contribution in [2.45, 2.75) is 76.7 Å². The van der Waals surface area contributed by atoms with E-state index < -0.39 is 0 Å². The molecule has 4 saturated carbocycles. The van der Waals surface area contributed by atoms with Gasteiger partial charge in [0.25, 0.3) is 0 Å². The standard InChI is InChI=1S/C16H27N/c1-2-7-15(8-3-1)9-6-14(15)17-12-16(10-11-16)13-4-5-13/h13-14,17H,1-12H2. The zero-order chi connectivity index (χ0) is 11.3. The normalized spacial score (nSPS) is 37.8. The van der Waals surface area contributed by atoms with E-state index >= 15 is 0 Å². The lowest BCUT2D eigenvalue weighted by atomic mass is 9.57. The maximum Gasteiger partial charge on any atom is 0.0124 e. The molecule has 1 atom stereocenters. The molecule has 1 heteroatoms. The predicted molar refractivity (Wildman–Crippen MR) is 70.9 cm³/mol. The van der Waals surface area contributed by atoms with Crippen LogP contribution in [0.25, 0.3) is 0 Å². The summed E-state index contributed by atoms with van der Waals surface area (Å²) in [6.07, 6.45) is 16.7. The third kappa shape index (κ3) is 1.77. The highest BCUT2D eigenvalue weighted by atomic mass is 15.0. The van der Waals surface area contributed by atoms with Gasteiger partial charge >= 0.3 is 0 Å². The third-order valence-electron chi connectivity index (χ3n) is 6.56. The summed E-state index contributed by atoms with van der Waals surface area (Å²) in [5.41, 5.74) is 1.56. The SMILES string of the molecule is C1CCC2(CC1)CCC2NCC1(C2CC2)CC1. The van der Waals surface area contributed by atoms with E-state index in [0.29, 0.717) is 0 Å². The van der Waals surface area contributed by atoms with Gasteiger partial charge in [0.1, 0.15) is 0 Å². The Hall–Kier alpha value is -0.0400. The van der Waals surface area contributed by atoms with E-state index in [4.69, 9.17) is 0 Å². The second kappa shape index (κ2) is 3.73. The van der Waals surface area contributed by atoms with Crippen molar-refractivity contribution in [3.63, 3.8) is 0 Å². The Morgan fingerprint density at radius 1 is 0.824 bits per heavy atom. The topological polar surface area (TPSA) is 12.0 Å². The summed E-state index contributed by atoms with van der Waals surface area (Å²) in [7, 11) is 0. The molecule has 0 radical (unpaired) electrons. The molecule has 0 saturated heterocycles. The van der Waals surface area contributed by atoms with E-state index in [2.05, 4.69) is 5.32 Å². The van der Waals surface area contributed by atoms with Gasteiger partial charge in [0.2, 0.25) is 0 Å². The first kappa shape index (κ1) is 10.8. The fourth-order valence-corrected chi connectivity index (χ4v) is 4.78. The average molecular weight is 233 g/mol. The highest BCUT2D eigenvalue weighted by Crippen LogP contribution is 2.61. The van der Waals surface area contributed by atoms with Crippen molar-refractivity contribution in [1.82, 2.24) is 5.32 Å². The summed E-state index contributed by atoms with van der Waals surface area (Å²) in [5.74, 6) is 1.12. The van der Waals surface area contributed by atoms with Gasteiger partial charge in [-0.2, -0.15) is 0 Å². The molecule has 96 valence electrons. The van der Waals surface area contributed by atoms with Gasteiger partial charge in [-0.3, -0.25) is 0 Å². The molecule has 0 amide bonds. The Kier molecular flexibility index (Phi) is 2.38. The molecule has 1 nitrogen and oxygen atoms in total. The lowest BCUT2D eigenvalue weighted by molar-refractivity contribution is 0.0197. The summed E-state index contributed by atoms with van der Waals surface area (Å²) in [6.45, 7) is 1.37. The Bertz CT molecular complexity index is 295. The van der Waals surface area contributed by atoms with E-state index in [0.717, 1.165) is 22.8 Å². The van der Waals surface area contributed by atoms with Crippen molar-refractivity contribution < 1.29 is 0 Å². The van der Waals surface area contributed by atoms with Gasteiger partial charge in [0.15, 0.2) is 0 Å². The summed E-state index contributed by atoms with van der Waals surface area (Å²) >= 11 is 0. The Morgan fingerprint density at radius 3 is 2.12 bits per heavy atom. The van der Waals surface area contributed by atoms with Gasteiger partial charge in [-0.15, -0.1) is 0 Å². The number of hydrogen-bond acceptors (Lipinski definition) is 1. The monoisotopic (exact) mass is 233 g/mol. The molecule has 0 aliphatic heterocycles. The van der Waals surface area contributed by atoms with Crippen LogP contribution in [0.5, 0.6) is 0 Å². The largest absolute Gasteiger partial charge is 0.313 e. The highest BCUT2D eigenvalue weighted by molar-refractivity contribution is 5.08. The van der Waals surface area contributed by atoms with E-state index in [-0.39, 0.29) is 0 Å². The fraction of sp³-hybridized carbons (Fsp3) is 1.00. The highest BCUT2D eigenvalue weighted by Gasteiger charge is 2.54. The van der Waals surface area contributed by atoms with Crippen LogP contribution in [-0.4, -0.2) is 12.6 Å². The zero-order valence-electron chi connectivity index (χ0n) is 11.1. The quantitative estimate of drug-likeness (QED) is 0.777. The lowest BCUT2D eigenvalue weighted by Gasteiger charge is -2.53. The first-order chi connectivity index (χ1) is 8.33. The first-order valence-corrected chi connectivity index (χ1v) is 8.07. The zero-order valence-corrected chi connectivity index (χ0v) is 11.1. The van der Waals surface area contributed by atoms with Crippen LogP contribution in [0.3, 0.4) is 0 Å². The van der Waals surface area contributed by atoms with Crippen LogP contribution in [0, 0.1) is 16.7 Å². The smallest absolute Gasteiger partial charge is 0.0124 e. The van der Waals surface area contributed by atoms with Crippen molar-refractivity contribution in [1.29, 1.82) is 0 Å². The van der Waals surface area contributed by atoms with Crippen LogP contribution in [0.2, 0.25) is 0 Å². The van der Waals surface area contributed by atoms with Crippen molar-refractivity contribution in [2.24, 2.45) is 16.7 Å². The molecule has 17 heavy (non-hydrogen) atoms. The molecule has 4 fully saturated rings. The van der Waals surface area contributed by atoms with E-state index in [1.165, 1.54) is 77.2 Å².